The van der Waals surface area contributed by atoms with Crippen molar-refractivity contribution in [2.24, 2.45) is 45.9 Å². The molecule has 0 aromatic rings. The van der Waals surface area contributed by atoms with Gasteiger partial charge in [-0.1, -0.05) is 13.8 Å². The molecule has 0 radical (unpaired) electrons. The molecule has 4 aliphatic rings. The van der Waals surface area contributed by atoms with E-state index >= 15 is 0 Å². The van der Waals surface area contributed by atoms with Crippen molar-refractivity contribution in [3.05, 3.63) is 0 Å². The SMILES string of the molecule is CCN(CCN(CC)C[C@@H](O)CO[C@@H]1[C@@H](O)[C@H](N)C[C@H](N)[C@H]1O[C@H]1O[C@H](CN)[C@@H](O)[C@H](O)[C@H]1N)C[C@@H](O)CO[C@@H]1[C@@H](O)[C@H](N)C[C@H](N)[C@H]1O[C@H]1O[C@H](CN)[C@@H](O)[C@H](O)[C@H]1N. The summed E-state index contributed by atoms with van der Waals surface area (Å²) in [5.74, 6) is 0. The molecular formula is C36H76N10O14. The van der Waals surface area contributed by atoms with Gasteiger partial charge in [0.25, 0.3) is 0 Å². The molecule has 24 heteroatoms. The van der Waals surface area contributed by atoms with Crippen LogP contribution in [0.15, 0.2) is 0 Å². The maximum absolute atomic E-state index is 11.1. The van der Waals surface area contributed by atoms with E-state index < -0.39 is 134 Å². The highest BCUT2D eigenvalue weighted by Gasteiger charge is 2.50. The summed E-state index contributed by atoms with van der Waals surface area (Å²) < 4.78 is 35.6. The van der Waals surface area contributed by atoms with Crippen molar-refractivity contribution in [1.82, 2.24) is 9.80 Å². The molecule has 2 aliphatic heterocycles. The molecule has 24 nitrogen and oxygen atoms in total. The number of nitrogens with zero attached hydrogens (tertiary/aromatic N) is 2. The van der Waals surface area contributed by atoms with Crippen molar-refractivity contribution in [2.75, 3.05) is 65.6 Å². The fourth-order valence-corrected chi connectivity index (χ4v) is 8.32. The van der Waals surface area contributed by atoms with Crippen molar-refractivity contribution >= 4 is 0 Å². The van der Waals surface area contributed by atoms with E-state index in [0.29, 0.717) is 26.2 Å². The van der Waals surface area contributed by atoms with Crippen LogP contribution in [0.1, 0.15) is 26.7 Å². The maximum atomic E-state index is 11.1. The Bertz CT molecular complexity index is 1160. The normalized spacial score (nSPS) is 44.0. The average molecular weight is 873 g/mol. The predicted molar refractivity (Wildman–Crippen MR) is 214 cm³/mol. The number of ether oxygens (including phenoxy) is 6. The van der Waals surface area contributed by atoms with Crippen molar-refractivity contribution in [3.8, 4) is 0 Å². The smallest absolute Gasteiger partial charge is 0.176 e. The minimum atomic E-state index is -1.39. The molecule has 4 fully saturated rings. The van der Waals surface area contributed by atoms with Gasteiger partial charge in [-0.15, -0.1) is 0 Å². The Kier molecular flexibility index (Phi) is 20.5. The average Bonchev–Trinajstić information content (AvgIpc) is 3.22. The molecule has 0 amide bonds. The van der Waals surface area contributed by atoms with Gasteiger partial charge in [0.05, 0.1) is 49.7 Å². The van der Waals surface area contributed by atoms with Crippen LogP contribution in [0.4, 0.5) is 0 Å². The quantitative estimate of drug-likeness (QED) is 0.0509. The molecule has 0 bridgehead atoms. The second kappa shape index (κ2) is 23.8. The molecule has 2 heterocycles. The standard InChI is InChI=1S/C36H76N10O14/c1-3-45(11-15(47)13-55-33-25(49)17(39)7-19(41)31(33)59-35-23(43)29(53)27(51)21(9-37)57-35)5-6-46(4-2)12-16(48)14-56-34-26(50)18(40)8-20(42)32(34)60-36-24(44)30(54)28(52)22(10-38)58-36/h15-36,47-54H,3-14,37-44H2,1-2H3/t15-,16-,17-,18-,19+,20+,21-,22-,23-,24-,25+,26+,27-,28-,29-,30-,31-,32-,33-,34-,35-,36-/m1/s1. The van der Waals surface area contributed by atoms with Crippen LogP contribution >= 0.6 is 0 Å². The van der Waals surface area contributed by atoms with Crippen LogP contribution < -0.4 is 45.9 Å². The van der Waals surface area contributed by atoms with Crippen LogP contribution in [0.2, 0.25) is 0 Å². The second-order valence-electron chi connectivity index (χ2n) is 16.7. The fourth-order valence-electron chi connectivity index (χ4n) is 8.32. The Labute approximate surface area is 351 Å². The van der Waals surface area contributed by atoms with Crippen molar-refractivity contribution in [3.63, 3.8) is 0 Å². The van der Waals surface area contributed by atoms with Gasteiger partial charge in [-0.3, -0.25) is 9.80 Å². The summed E-state index contributed by atoms with van der Waals surface area (Å²) in [7, 11) is 0. The third-order valence-electron chi connectivity index (χ3n) is 12.2. The van der Waals surface area contributed by atoms with E-state index in [1.165, 1.54) is 0 Å². The largest absolute Gasteiger partial charge is 0.389 e. The number of hydrogen-bond donors (Lipinski definition) is 16. The summed E-state index contributed by atoms with van der Waals surface area (Å²) >= 11 is 0. The van der Waals surface area contributed by atoms with Gasteiger partial charge in [0.15, 0.2) is 12.6 Å². The highest BCUT2D eigenvalue weighted by Crippen LogP contribution is 2.30. The van der Waals surface area contributed by atoms with E-state index in [-0.39, 0.29) is 52.2 Å². The summed E-state index contributed by atoms with van der Waals surface area (Å²) in [5, 5.41) is 85.6. The van der Waals surface area contributed by atoms with Gasteiger partial charge in [0.2, 0.25) is 0 Å². The van der Waals surface area contributed by atoms with Gasteiger partial charge < -0.3 is 115 Å². The van der Waals surface area contributed by atoms with Crippen LogP contribution in [0, 0.1) is 0 Å². The zero-order valence-corrected chi connectivity index (χ0v) is 34.7. The first-order valence-corrected chi connectivity index (χ1v) is 21.0. The Balaban J connectivity index is 1.28. The lowest BCUT2D eigenvalue weighted by Gasteiger charge is -2.47. The molecule has 22 atom stereocenters. The third-order valence-corrected chi connectivity index (χ3v) is 12.2. The maximum Gasteiger partial charge on any atom is 0.176 e. The van der Waals surface area contributed by atoms with Crippen molar-refractivity contribution < 1.29 is 69.3 Å². The van der Waals surface area contributed by atoms with Crippen LogP contribution in [-0.2, 0) is 28.4 Å². The van der Waals surface area contributed by atoms with E-state index in [1.54, 1.807) is 0 Å². The van der Waals surface area contributed by atoms with E-state index in [9.17, 15) is 40.9 Å². The molecule has 0 unspecified atom stereocenters. The molecule has 354 valence electrons. The Morgan fingerprint density at radius 1 is 0.533 bits per heavy atom. The van der Waals surface area contributed by atoms with Crippen LogP contribution in [0.5, 0.6) is 0 Å². The summed E-state index contributed by atoms with van der Waals surface area (Å²) in [5.41, 5.74) is 48.7. The van der Waals surface area contributed by atoms with Crippen LogP contribution in [0.3, 0.4) is 0 Å². The molecule has 0 spiro atoms. The lowest BCUT2D eigenvalue weighted by molar-refractivity contribution is -0.292. The van der Waals surface area contributed by atoms with Gasteiger partial charge in [0, 0.05) is 63.4 Å². The van der Waals surface area contributed by atoms with Gasteiger partial charge in [-0.05, 0) is 25.9 Å². The Morgan fingerprint density at radius 2 is 0.883 bits per heavy atom. The first kappa shape index (κ1) is 51.7. The van der Waals surface area contributed by atoms with E-state index in [0.717, 1.165) is 0 Å². The lowest BCUT2D eigenvalue weighted by atomic mass is 9.84. The van der Waals surface area contributed by atoms with Crippen LogP contribution in [0.25, 0.3) is 0 Å². The van der Waals surface area contributed by atoms with Crippen LogP contribution in [-0.4, -0.2) is 251 Å². The van der Waals surface area contributed by atoms with Gasteiger partial charge >= 0.3 is 0 Å². The molecule has 0 aromatic heterocycles. The number of aliphatic hydroxyl groups excluding tert-OH is 8. The number of nitrogens with two attached hydrogens (primary N) is 8. The molecule has 2 aliphatic carbocycles. The first-order valence-electron chi connectivity index (χ1n) is 21.0. The van der Waals surface area contributed by atoms with Gasteiger partial charge in [-0.2, -0.15) is 0 Å². The van der Waals surface area contributed by atoms with Crippen molar-refractivity contribution in [2.45, 2.75) is 161 Å². The topological polar surface area (TPSA) is 432 Å². The summed E-state index contributed by atoms with van der Waals surface area (Å²) in [6, 6.07) is -5.25. The molecule has 2 saturated heterocycles. The summed E-state index contributed by atoms with van der Waals surface area (Å²) in [6.45, 7) is 5.75. The zero-order valence-electron chi connectivity index (χ0n) is 34.7. The molecule has 2 saturated carbocycles. The molecule has 60 heavy (non-hydrogen) atoms. The predicted octanol–water partition coefficient (Wildman–Crippen LogP) is -9.80. The molecule has 0 aromatic carbocycles. The number of hydrogen-bond acceptors (Lipinski definition) is 24. The minimum Gasteiger partial charge on any atom is -0.389 e. The first-order chi connectivity index (χ1) is 28.4. The van der Waals surface area contributed by atoms with Crippen molar-refractivity contribution in [1.29, 1.82) is 0 Å². The Morgan fingerprint density at radius 3 is 1.20 bits per heavy atom. The lowest BCUT2D eigenvalue weighted by Crippen LogP contribution is -2.68. The van der Waals surface area contributed by atoms with E-state index in [2.05, 4.69) is 0 Å². The number of likely N-dealkylation sites (N-methyl/N-ethyl adjacent to an activating group) is 2. The monoisotopic (exact) mass is 873 g/mol. The van der Waals surface area contributed by atoms with E-state index in [4.69, 9.17) is 74.3 Å². The van der Waals surface area contributed by atoms with Gasteiger partial charge in [-0.25, -0.2) is 0 Å². The highest BCUT2D eigenvalue weighted by molar-refractivity contribution is 5.02. The fraction of sp³-hybridized carbons (Fsp3) is 1.00. The Hall–Kier alpha value is -0.960. The van der Waals surface area contributed by atoms with Gasteiger partial charge in [0.1, 0.15) is 61.0 Å². The molecule has 24 N–H and O–H groups in total. The number of rotatable bonds is 21. The molecular weight excluding hydrogens is 796 g/mol. The third kappa shape index (κ3) is 12.9. The van der Waals surface area contributed by atoms with E-state index in [1.807, 2.05) is 23.6 Å². The second-order valence-corrected chi connectivity index (χ2v) is 16.7. The highest BCUT2D eigenvalue weighted by atomic mass is 16.7. The number of aliphatic hydroxyl groups is 8. The summed E-state index contributed by atoms with van der Waals surface area (Å²) in [6.07, 6.45) is -18.1. The molecule has 4 rings (SSSR count). The zero-order chi connectivity index (χ0) is 44.6. The summed E-state index contributed by atoms with van der Waals surface area (Å²) in [4.78, 5) is 3.98. The minimum absolute atomic E-state index is 0.113.